The van der Waals surface area contributed by atoms with E-state index in [4.69, 9.17) is 21.8 Å². The van der Waals surface area contributed by atoms with Crippen molar-refractivity contribution in [3.05, 3.63) is 95.1 Å². The number of aliphatic hydroxyl groups is 1. The van der Waals surface area contributed by atoms with Crippen LogP contribution in [0.25, 0.3) is 22.4 Å². The Hall–Kier alpha value is -2.97. The highest BCUT2D eigenvalue weighted by atomic mass is 35.5. The van der Waals surface area contributed by atoms with Crippen LogP contribution in [0.5, 0.6) is 0 Å². The molecule has 0 spiro atoms. The molecule has 8 heteroatoms. The van der Waals surface area contributed by atoms with Crippen molar-refractivity contribution >= 4 is 21.6 Å². The van der Waals surface area contributed by atoms with Gasteiger partial charge in [-0.15, -0.1) is 0 Å². The van der Waals surface area contributed by atoms with Crippen LogP contribution < -0.4 is 5.14 Å². The lowest BCUT2D eigenvalue weighted by Crippen LogP contribution is -2.11. The highest BCUT2D eigenvalue weighted by Gasteiger charge is 2.21. The number of benzene rings is 3. The van der Waals surface area contributed by atoms with Crippen LogP contribution in [0.2, 0.25) is 5.02 Å². The van der Waals surface area contributed by atoms with Gasteiger partial charge in [-0.05, 0) is 41.8 Å². The summed E-state index contributed by atoms with van der Waals surface area (Å²) in [4.78, 5) is 0.0279. The van der Waals surface area contributed by atoms with Crippen LogP contribution in [0, 0.1) is 0 Å². The first-order valence-corrected chi connectivity index (χ1v) is 11.9. The van der Waals surface area contributed by atoms with Gasteiger partial charge in [0.05, 0.1) is 17.2 Å². The van der Waals surface area contributed by atoms with Gasteiger partial charge in [0.2, 0.25) is 10.0 Å². The number of halogens is 1. The Morgan fingerprint density at radius 1 is 0.906 bits per heavy atom. The van der Waals surface area contributed by atoms with Crippen LogP contribution in [0.1, 0.15) is 11.3 Å². The topological polar surface area (TPSA) is 98.2 Å². The molecule has 0 amide bonds. The SMILES string of the molecule is NS(=O)(=O)c1ccc(-c2nn(CCc3ccccc3)c(CO)c2-c2ccc(Cl)cc2)cc1. The summed E-state index contributed by atoms with van der Waals surface area (Å²) in [6, 6.07) is 23.6. The van der Waals surface area contributed by atoms with Crippen LogP contribution >= 0.6 is 11.6 Å². The summed E-state index contributed by atoms with van der Waals surface area (Å²) in [6.45, 7) is 0.380. The Morgan fingerprint density at radius 2 is 1.53 bits per heavy atom. The first-order valence-electron chi connectivity index (χ1n) is 10.0. The zero-order valence-electron chi connectivity index (χ0n) is 17.1. The molecule has 0 fully saturated rings. The summed E-state index contributed by atoms with van der Waals surface area (Å²) >= 11 is 6.07. The Kier molecular flexibility index (Phi) is 6.43. The van der Waals surface area contributed by atoms with E-state index in [1.165, 1.54) is 17.7 Å². The molecular formula is C24H22ClN3O3S. The van der Waals surface area contributed by atoms with Crippen LogP contribution in [0.4, 0.5) is 0 Å². The number of aliphatic hydroxyl groups excluding tert-OH is 1. The smallest absolute Gasteiger partial charge is 0.238 e. The average molecular weight is 468 g/mol. The molecule has 0 saturated carbocycles. The van der Waals surface area contributed by atoms with Gasteiger partial charge < -0.3 is 5.11 Å². The van der Waals surface area contributed by atoms with Gasteiger partial charge in [0.15, 0.2) is 0 Å². The standard InChI is InChI=1S/C24H22ClN3O3S/c25-20-10-6-18(7-11-20)23-22(16-29)28(15-14-17-4-2-1-3-5-17)27-24(23)19-8-12-21(13-9-19)32(26,30)31/h1-13,29H,14-16H2,(H2,26,30,31). The number of sulfonamides is 1. The van der Waals surface area contributed by atoms with E-state index in [0.29, 0.717) is 23.0 Å². The average Bonchev–Trinajstić information content (AvgIpc) is 3.17. The molecule has 3 aromatic carbocycles. The van der Waals surface area contributed by atoms with Crippen molar-refractivity contribution in [2.24, 2.45) is 5.14 Å². The molecule has 164 valence electrons. The number of nitrogens with zero attached hydrogens (tertiary/aromatic N) is 2. The van der Waals surface area contributed by atoms with Crippen molar-refractivity contribution in [2.75, 3.05) is 0 Å². The van der Waals surface area contributed by atoms with E-state index in [2.05, 4.69) is 12.1 Å². The second-order valence-corrected chi connectivity index (χ2v) is 9.36. The van der Waals surface area contributed by atoms with Gasteiger partial charge in [-0.25, -0.2) is 13.6 Å². The monoisotopic (exact) mass is 467 g/mol. The minimum atomic E-state index is -3.80. The van der Waals surface area contributed by atoms with Crippen molar-refractivity contribution in [3.8, 4) is 22.4 Å². The first-order chi connectivity index (χ1) is 15.4. The molecule has 1 heterocycles. The molecule has 4 aromatic rings. The van der Waals surface area contributed by atoms with E-state index in [-0.39, 0.29) is 11.5 Å². The van der Waals surface area contributed by atoms with E-state index in [1.807, 2.05) is 30.3 Å². The third kappa shape index (κ3) is 4.76. The molecule has 0 aliphatic rings. The van der Waals surface area contributed by atoms with Crippen LogP contribution in [0.15, 0.2) is 83.8 Å². The second kappa shape index (κ2) is 9.26. The fraction of sp³-hybridized carbons (Fsp3) is 0.125. The van der Waals surface area contributed by atoms with Gasteiger partial charge in [-0.2, -0.15) is 5.10 Å². The predicted molar refractivity (Wildman–Crippen MR) is 126 cm³/mol. The van der Waals surface area contributed by atoms with Gasteiger partial charge in [0.25, 0.3) is 0 Å². The minimum Gasteiger partial charge on any atom is -0.390 e. The highest BCUT2D eigenvalue weighted by Crippen LogP contribution is 2.35. The Morgan fingerprint density at radius 3 is 2.12 bits per heavy atom. The molecule has 0 saturated heterocycles. The van der Waals surface area contributed by atoms with Crippen molar-refractivity contribution < 1.29 is 13.5 Å². The molecule has 0 radical (unpaired) electrons. The highest BCUT2D eigenvalue weighted by molar-refractivity contribution is 7.89. The summed E-state index contributed by atoms with van der Waals surface area (Å²) in [5.41, 5.74) is 4.84. The minimum absolute atomic E-state index is 0.0279. The van der Waals surface area contributed by atoms with Crippen LogP contribution in [0.3, 0.4) is 0 Å². The van der Waals surface area contributed by atoms with E-state index >= 15 is 0 Å². The largest absolute Gasteiger partial charge is 0.390 e. The molecule has 4 rings (SSSR count). The number of aromatic nitrogens is 2. The van der Waals surface area contributed by atoms with E-state index in [0.717, 1.165) is 23.1 Å². The number of rotatable bonds is 7. The fourth-order valence-electron chi connectivity index (χ4n) is 3.65. The third-order valence-electron chi connectivity index (χ3n) is 5.25. The summed E-state index contributed by atoms with van der Waals surface area (Å²) in [5.74, 6) is 0. The van der Waals surface area contributed by atoms with Crippen molar-refractivity contribution in [1.29, 1.82) is 0 Å². The fourth-order valence-corrected chi connectivity index (χ4v) is 4.29. The van der Waals surface area contributed by atoms with Crippen molar-refractivity contribution in [3.63, 3.8) is 0 Å². The number of nitrogens with two attached hydrogens (primary N) is 1. The Balaban J connectivity index is 1.81. The first kappa shape index (κ1) is 22.2. The number of hydrogen-bond donors (Lipinski definition) is 2. The normalized spacial score (nSPS) is 11.6. The van der Waals surface area contributed by atoms with E-state index < -0.39 is 10.0 Å². The van der Waals surface area contributed by atoms with Crippen LogP contribution in [-0.2, 0) is 29.6 Å². The molecule has 0 bridgehead atoms. The molecule has 6 nitrogen and oxygen atoms in total. The summed E-state index contributed by atoms with van der Waals surface area (Å²) in [5, 5.41) is 20.9. The Labute approximate surface area is 192 Å². The summed E-state index contributed by atoms with van der Waals surface area (Å²) in [6.07, 6.45) is 0.749. The maximum absolute atomic E-state index is 11.6. The third-order valence-corrected chi connectivity index (χ3v) is 6.43. The Bertz CT molecular complexity index is 1320. The van der Waals surface area contributed by atoms with Crippen molar-refractivity contribution in [2.45, 2.75) is 24.5 Å². The molecule has 0 aliphatic heterocycles. The molecular weight excluding hydrogens is 446 g/mol. The van der Waals surface area contributed by atoms with E-state index in [1.54, 1.807) is 28.9 Å². The molecule has 3 N–H and O–H groups in total. The predicted octanol–water partition coefficient (Wildman–Crippen LogP) is 4.25. The molecule has 32 heavy (non-hydrogen) atoms. The molecule has 0 aliphatic carbocycles. The lowest BCUT2D eigenvalue weighted by molar-refractivity contribution is 0.268. The maximum Gasteiger partial charge on any atom is 0.238 e. The maximum atomic E-state index is 11.6. The number of aryl methyl sites for hydroxylation is 2. The number of hydrogen-bond acceptors (Lipinski definition) is 4. The van der Waals surface area contributed by atoms with Gasteiger partial charge in [-0.1, -0.05) is 66.2 Å². The number of primary sulfonamides is 1. The lowest BCUT2D eigenvalue weighted by atomic mass is 9.99. The quantitative estimate of drug-likeness (QED) is 0.424. The van der Waals surface area contributed by atoms with E-state index in [9.17, 15) is 13.5 Å². The molecule has 0 unspecified atom stereocenters. The zero-order valence-corrected chi connectivity index (χ0v) is 18.7. The molecule has 0 atom stereocenters. The lowest BCUT2D eigenvalue weighted by Gasteiger charge is -2.08. The summed E-state index contributed by atoms with van der Waals surface area (Å²) < 4.78 is 25.1. The van der Waals surface area contributed by atoms with Gasteiger partial charge in [0, 0.05) is 22.7 Å². The second-order valence-electron chi connectivity index (χ2n) is 7.36. The van der Waals surface area contributed by atoms with Crippen LogP contribution in [-0.4, -0.2) is 23.3 Å². The molecule has 1 aromatic heterocycles. The van der Waals surface area contributed by atoms with Crippen molar-refractivity contribution in [1.82, 2.24) is 9.78 Å². The van der Waals surface area contributed by atoms with Gasteiger partial charge in [-0.3, -0.25) is 4.68 Å². The summed E-state index contributed by atoms with van der Waals surface area (Å²) in [7, 11) is -3.80. The van der Waals surface area contributed by atoms with Gasteiger partial charge >= 0.3 is 0 Å². The van der Waals surface area contributed by atoms with Gasteiger partial charge in [0.1, 0.15) is 5.69 Å². The zero-order chi connectivity index (χ0) is 22.7.